The van der Waals surface area contributed by atoms with Crippen LogP contribution >= 0.6 is 23.2 Å². The van der Waals surface area contributed by atoms with Crippen LogP contribution in [0.2, 0.25) is 10.0 Å². The molecule has 1 aliphatic heterocycles. The molecule has 6 rings (SSSR count). The van der Waals surface area contributed by atoms with Gasteiger partial charge in [0.2, 0.25) is 5.95 Å². The predicted molar refractivity (Wildman–Crippen MR) is 164 cm³/mol. The van der Waals surface area contributed by atoms with Gasteiger partial charge in [-0.05, 0) is 68.9 Å². The first-order valence-corrected chi connectivity index (χ1v) is 14.1. The Hall–Kier alpha value is -3.99. The number of anilines is 3. The van der Waals surface area contributed by atoms with Crippen molar-refractivity contribution in [2.45, 2.75) is 13.3 Å². The Morgan fingerprint density at radius 1 is 0.951 bits per heavy atom. The predicted octanol–water partition coefficient (Wildman–Crippen LogP) is 5.08. The zero-order chi connectivity index (χ0) is 28.7. The third-order valence-electron chi connectivity index (χ3n) is 7.25. The highest BCUT2D eigenvalue weighted by atomic mass is 35.5. The summed E-state index contributed by atoms with van der Waals surface area (Å²) in [5.41, 5.74) is 4.40. The van der Waals surface area contributed by atoms with Gasteiger partial charge in [-0.3, -0.25) is 9.48 Å². The molecule has 0 saturated carbocycles. The number of nitrogens with zero attached hydrogens (tertiary/aromatic N) is 8. The Bertz CT molecular complexity index is 1800. The molecular formula is C29H29Cl2N9O. The lowest BCUT2D eigenvalue weighted by Gasteiger charge is -2.25. The number of aromatic nitrogens is 6. The number of benzene rings is 2. The van der Waals surface area contributed by atoms with Crippen LogP contribution in [0, 0.1) is 6.92 Å². The Morgan fingerprint density at radius 3 is 2.49 bits per heavy atom. The molecule has 0 unspecified atom stereocenters. The molecule has 12 heteroatoms. The highest BCUT2D eigenvalue weighted by Crippen LogP contribution is 2.30. The molecule has 2 aromatic carbocycles. The van der Waals surface area contributed by atoms with Crippen molar-refractivity contribution in [3.8, 4) is 17.1 Å². The molecule has 1 N–H and O–H groups in total. The quantitative estimate of drug-likeness (QED) is 0.303. The Labute approximate surface area is 247 Å². The maximum Gasteiger partial charge on any atom is 0.282 e. The summed E-state index contributed by atoms with van der Waals surface area (Å²) in [6.45, 7) is 6.30. The van der Waals surface area contributed by atoms with Gasteiger partial charge in [0.15, 0.2) is 0 Å². The van der Waals surface area contributed by atoms with Crippen LogP contribution in [0.25, 0.3) is 28.0 Å². The molecule has 5 aromatic rings. The first-order valence-electron chi connectivity index (χ1n) is 13.3. The van der Waals surface area contributed by atoms with Gasteiger partial charge >= 0.3 is 0 Å². The van der Waals surface area contributed by atoms with Crippen LogP contribution in [0.4, 0.5) is 17.3 Å². The van der Waals surface area contributed by atoms with Gasteiger partial charge < -0.3 is 15.1 Å². The fourth-order valence-corrected chi connectivity index (χ4v) is 5.70. The summed E-state index contributed by atoms with van der Waals surface area (Å²) in [6.07, 6.45) is 4.43. The molecule has 1 aliphatic rings. The van der Waals surface area contributed by atoms with Gasteiger partial charge in [-0.15, -0.1) is 0 Å². The van der Waals surface area contributed by atoms with Gasteiger partial charge in [-0.25, -0.2) is 9.97 Å². The fourth-order valence-electron chi connectivity index (χ4n) is 5.15. The number of halogens is 2. The summed E-state index contributed by atoms with van der Waals surface area (Å²) in [5, 5.41) is 13.3. The molecule has 210 valence electrons. The molecule has 0 spiro atoms. The van der Waals surface area contributed by atoms with Crippen LogP contribution in [0.5, 0.6) is 0 Å². The second kappa shape index (κ2) is 11.1. The molecule has 0 radical (unpaired) electrons. The van der Waals surface area contributed by atoms with E-state index >= 15 is 0 Å². The topological polar surface area (TPSA) is 97.0 Å². The summed E-state index contributed by atoms with van der Waals surface area (Å²) in [4.78, 5) is 27.6. The largest absolute Gasteiger partial charge is 0.370 e. The standard InChI is InChI=1S/C29H29Cl2N9O/c1-18-16-19(8-9-24(18)39-12-5-11-37(2)14-15-39)33-29-32-17-20-25(34-29)26(23-10-13-38(3)35-23)36-40(28(20)41)27-21(30)6-4-7-22(27)31/h4,6-10,13,16-17H,5,11-12,14-15H2,1-3H3,(H,32,33,34). The summed E-state index contributed by atoms with van der Waals surface area (Å²) in [6, 6.07) is 13.1. The van der Waals surface area contributed by atoms with E-state index in [0.29, 0.717) is 32.9 Å². The minimum Gasteiger partial charge on any atom is -0.370 e. The van der Waals surface area contributed by atoms with Crippen LogP contribution < -0.4 is 15.8 Å². The van der Waals surface area contributed by atoms with E-state index in [2.05, 4.69) is 56.4 Å². The molecule has 4 heterocycles. The number of rotatable bonds is 5. The van der Waals surface area contributed by atoms with Crippen LogP contribution in [0.15, 0.2) is 59.7 Å². The van der Waals surface area contributed by atoms with Crippen molar-refractivity contribution in [1.82, 2.24) is 34.4 Å². The van der Waals surface area contributed by atoms with E-state index in [4.69, 9.17) is 28.2 Å². The molecular weight excluding hydrogens is 561 g/mol. The summed E-state index contributed by atoms with van der Waals surface area (Å²) < 4.78 is 2.85. The SMILES string of the molecule is Cc1cc(Nc2ncc3c(=O)n(-c4c(Cl)cccc4Cl)nc(-c4ccn(C)n4)c3n2)ccc1N1CCCN(C)CC1. The molecule has 0 bridgehead atoms. The third-order valence-corrected chi connectivity index (χ3v) is 7.86. The zero-order valence-electron chi connectivity index (χ0n) is 23.0. The molecule has 0 amide bonds. The molecule has 41 heavy (non-hydrogen) atoms. The fraction of sp³-hybridized carbons (Fsp3) is 0.276. The average molecular weight is 591 g/mol. The average Bonchev–Trinajstić information content (AvgIpc) is 3.26. The number of nitrogens with one attached hydrogen (secondary N) is 1. The number of hydrogen-bond donors (Lipinski definition) is 1. The summed E-state index contributed by atoms with van der Waals surface area (Å²) >= 11 is 12.9. The van der Waals surface area contributed by atoms with Gasteiger partial charge in [-0.2, -0.15) is 14.9 Å². The molecule has 0 atom stereocenters. The Morgan fingerprint density at radius 2 is 1.76 bits per heavy atom. The van der Waals surface area contributed by atoms with Gasteiger partial charge in [0.1, 0.15) is 22.6 Å². The summed E-state index contributed by atoms with van der Waals surface area (Å²) in [5.74, 6) is 0.341. The zero-order valence-corrected chi connectivity index (χ0v) is 24.5. The first-order chi connectivity index (χ1) is 19.8. The Balaban J connectivity index is 1.40. The highest BCUT2D eigenvalue weighted by molar-refractivity contribution is 6.37. The van der Waals surface area contributed by atoms with Gasteiger partial charge in [0.05, 0.1) is 15.4 Å². The number of likely N-dealkylation sites (N-methyl/N-ethyl adjacent to an activating group) is 1. The van der Waals surface area contributed by atoms with E-state index in [0.717, 1.165) is 43.9 Å². The summed E-state index contributed by atoms with van der Waals surface area (Å²) in [7, 11) is 3.98. The maximum atomic E-state index is 13.6. The number of para-hydroxylation sites is 1. The van der Waals surface area contributed by atoms with E-state index < -0.39 is 5.56 Å². The van der Waals surface area contributed by atoms with E-state index in [1.165, 1.54) is 16.6 Å². The van der Waals surface area contributed by atoms with E-state index in [1.54, 1.807) is 29.1 Å². The lowest BCUT2D eigenvalue weighted by atomic mass is 10.1. The molecule has 10 nitrogen and oxygen atoms in total. The first kappa shape index (κ1) is 27.2. The van der Waals surface area contributed by atoms with Gasteiger partial charge in [0.25, 0.3) is 5.56 Å². The van der Waals surface area contributed by atoms with Crippen LogP contribution in [-0.2, 0) is 7.05 Å². The normalized spacial score (nSPS) is 14.4. The van der Waals surface area contributed by atoms with E-state index in [-0.39, 0.29) is 11.1 Å². The number of aryl methyl sites for hydroxylation is 2. The smallest absolute Gasteiger partial charge is 0.282 e. The lowest BCUT2D eigenvalue weighted by molar-refractivity contribution is 0.360. The second-order valence-electron chi connectivity index (χ2n) is 10.2. The minimum absolute atomic E-state index is 0.264. The van der Waals surface area contributed by atoms with Crippen molar-refractivity contribution in [1.29, 1.82) is 0 Å². The highest BCUT2D eigenvalue weighted by Gasteiger charge is 2.21. The molecule has 1 saturated heterocycles. The molecule has 3 aromatic heterocycles. The van der Waals surface area contributed by atoms with Gasteiger partial charge in [0, 0.05) is 50.5 Å². The number of hydrogen-bond acceptors (Lipinski definition) is 8. The van der Waals surface area contributed by atoms with Crippen LogP contribution in [0.1, 0.15) is 12.0 Å². The molecule has 0 aliphatic carbocycles. The van der Waals surface area contributed by atoms with Crippen molar-refractivity contribution >= 4 is 51.4 Å². The van der Waals surface area contributed by atoms with Crippen LogP contribution in [-0.4, -0.2) is 67.7 Å². The monoisotopic (exact) mass is 589 g/mol. The minimum atomic E-state index is -0.440. The number of fused-ring (bicyclic) bond motifs is 1. The van der Waals surface area contributed by atoms with Crippen molar-refractivity contribution in [3.05, 3.63) is 80.8 Å². The van der Waals surface area contributed by atoms with Crippen LogP contribution in [0.3, 0.4) is 0 Å². The Kier molecular flexibility index (Phi) is 7.37. The van der Waals surface area contributed by atoms with Crippen molar-refractivity contribution in [3.63, 3.8) is 0 Å². The van der Waals surface area contributed by atoms with E-state index in [9.17, 15) is 4.79 Å². The van der Waals surface area contributed by atoms with Gasteiger partial charge in [-0.1, -0.05) is 29.3 Å². The third kappa shape index (κ3) is 5.38. The van der Waals surface area contributed by atoms with Crippen molar-refractivity contribution in [2.75, 3.05) is 43.4 Å². The lowest BCUT2D eigenvalue weighted by Crippen LogP contribution is -2.29. The van der Waals surface area contributed by atoms with Crippen molar-refractivity contribution < 1.29 is 0 Å². The van der Waals surface area contributed by atoms with Crippen molar-refractivity contribution in [2.24, 2.45) is 7.05 Å². The maximum absolute atomic E-state index is 13.6. The second-order valence-corrected chi connectivity index (χ2v) is 11.1. The van der Waals surface area contributed by atoms with E-state index in [1.807, 2.05) is 19.2 Å². The molecule has 1 fully saturated rings.